The minimum atomic E-state index is 0.518. The maximum Gasteiger partial charge on any atom is -0.00463 e. The Morgan fingerprint density at radius 2 is 1.53 bits per heavy atom. The highest BCUT2D eigenvalue weighted by Crippen LogP contribution is 2.59. The molecule has 0 aromatic heterocycles. The largest absolute Gasteiger partial charge is 0.103 e. The van der Waals surface area contributed by atoms with Gasteiger partial charge in [0, 0.05) is 0 Å². The first-order valence-corrected chi connectivity index (χ1v) is 6.95. The minimum absolute atomic E-state index is 0.518. The summed E-state index contributed by atoms with van der Waals surface area (Å²) in [6.07, 6.45) is 11.8. The summed E-state index contributed by atoms with van der Waals surface area (Å²) in [5, 5.41) is 0. The third-order valence-corrected chi connectivity index (χ3v) is 5.37. The van der Waals surface area contributed by atoms with Gasteiger partial charge in [0.2, 0.25) is 0 Å². The van der Waals surface area contributed by atoms with Gasteiger partial charge in [-0.2, -0.15) is 0 Å². The molecule has 0 atom stereocenters. The number of hydrogen-bond acceptors (Lipinski definition) is 0. The van der Waals surface area contributed by atoms with E-state index in [9.17, 15) is 0 Å². The Balaban J connectivity index is 1.84. The minimum Gasteiger partial charge on any atom is -0.103 e. The Kier molecular flexibility index (Phi) is 2.61. The van der Waals surface area contributed by atoms with Gasteiger partial charge in [-0.25, -0.2) is 0 Å². The molecule has 0 spiro atoms. The van der Waals surface area contributed by atoms with E-state index in [1.165, 1.54) is 44.9 Å². The van der Waals surface area contributed by atoms with Crippen LogP contribution in [-0.2, 0) is 5.41 Å². The summed E-state index contributed by atoms with van der Waals surface area (Å²) in [6.45, 7) is 3.94. The molecule has 2 bridgehead atoms. The lowest BCUT2D eigenvalue weighted by atomic mass is 9.51. The lowest BCUT2D eigenvalue weighted by molar-refractivity contribution is 0.0423. The fourth-order valence-electron chi connectivity index (χ4n) is 4.10. The van der Waals surface area contributed by atoms with E-state index in [0.717, 1.165) is 0 Å². The van der Waals surface area contributed by atoms with Crippen LogP contribution in [0.1, 0.15) is 50.5 Å². The van der Waals surface area contributed by atoms with Crippen molar-refractivity contribution in [3.05, 3.63) is 48.6 Å². The maximum absolute atomic E-state index is 3.94. The molecule has 90 valence electrons. The Morgan fingerprint density at radius 1 is 0.941 bits per heavy atom. The molecule has 0 radical (unpaired) electrons. The molecule has 0 unspecified atom stereocenters. The molecule has 0 nitrogen and oxygen atoms in total. The highest BCUT2D eigenvalue weighted by atomic mass is 14.5. The van der Waals surface area contributed by atoms with Crippen molar-refractivity contribution < 1.29 is 0 Å². The summed E-state index contributed by atoms with van der Waals surface area (Å²) in [7, 11) is 0. The van der Waals surface area contributed by atoms with Crippen LogP contribution in [0.5, 0.6) is 0 Å². The lowest BCUT2D eigenvalue weighted by Crippen LogP contribution is -2.43. The van der Waals surface area contributed by atoms with E-state index in [0.29, 0.717) is 10.8 Å². The van der Waals surface area contributed by atoms with E-state index in [1.54, 1.807) is 5.56 Å². The second-order valence-electron chi connectivity index (χ2n) is 6.14. The van der Waals surface area contributed by atoms with Crippen LogP contribution < -0.4 is 0 Å². The molecule has 3 aliphatic carbocycles. The van der Waals surface area contributed by atoms with E-state index in [2.05, 4.69) is 43.0 Å². The van der Waals surface area contributed by atoms with Crippen LogP contribution in [0.15, 0.2) is 43.0 Å². The second-order valence-corrected chi connectivity index (χ2v) is 6.14. The van der Waals surface area contributed by atoms with Crippen LogP contribution in [0.25, 0.3) is 0 Å². The Bertz CT molecular complexity index is 377. The van der Waals surface area contributed by atoms with Crippen LogP contribution in [0, 0.1) is 5.41 Å². The first-order valence-electron chi connectivity index (χ1n) is 6.95. The zero-order chi connectivity index (χ0) is 11.8. The molecule has 0 heteroatoms. The highest BCUT2D eigenvalue weighted by molar-refractivity contribution is 5.28. The van der Waals surface area contributed by atoms with Crippen molar-refractivity contribution in [2.24, 2.45) is 5.41 Å². The summed E-state index contributed by atoms with van der Waals surface area (Å²) in [6, 6.07) is 11.2. The van der Waals surface area contributed by atoms with Crippen LogP contribution in [0.3, 0.4) is 0 Å². The standard InChI is InChI=1S/C17H22/c1-2-8-16-9-12-17(13-10-16,14-11-16)15-6-4-3-5-7-15/h2-7H,1,8-14H2. The first kappa shape index (κ1) is 11.1. The Hall–Kier alpha value is -1.04. The topological polar surface area (TPSA) is 0 Å². The summed E-state index contributed by atoms with van der Waals surface area (Å²) in [5.74, 6) is 0. The lowest BCUT2D eigenvalue weighted by Gasteiger charge is -2.54. The van der Waals surface area contributed by atoms with Crippen molar-refractivity contribution in [3.8, 4) is 0 Å². The predicted molar refractivity (Wildman–Crippen MR) is 73.1 cm³/mol. The summed E-state index contributed by atoms with van der Waals surface area (Å²) in [4.78, 5) is 0. The number of hydrogen-bond donors (Lipinski definition) is 0. The fraction of sp³-hybridized carbons (Fsp3) is 0.529. The number of rotatable bonds is 3. The number of fused-ring (bicyclic) bond motifs is 3. The van der Waals surface area contributed by atoms with Gasteiger partial charge in [-0.05, 0) is 61.3 Å². The zero-order valence-electron chi connectivity index (χ0n) is 10.6. The molecule has 1 aromatic carbocycles. The van der Waals surface area contributed by atoms with E-state index in [4.69, 9.17) is 0 Å². The van der Waals surface area contributed by atoms with Crippen LogP contribution in [0.2, 0.25) is 0 Å². The van der Waals surface area contributed by atoms with Gasteiger partial charge in [0.05, 0.1) is 0 Å². The van der Waals surface area contributed by atoms with Gasteiger partial charge in [-0.3, -0.25) is 0 Å². The monoisotopic (exact) mass is 226 g/mol. The van der Waals surface area contributed by atoms with Crippen molar-refractivity contribution in [1.29, 1.82) is 0 Å². The van der Waals surface area contributed by atoms with Gasteiger partial charge >= 0.3 is 0 Å². The predicted octanol–water partition coefficient (Wildman–Crippen LogP) is 4.85. The van der Waals surface area contributed by atoms with E-state index in [1.807, 2.05) is 0 Å². The third-order valence-electron chi connectivity index (χ3n) is 5.37. The first-order chi connectivity index (χ1) is 8.29. The van der Waals surface area contributed by atoms with Crippen LogP contribution >= 0.6 is 0 Å². The molecule has 0 aliphatic heterocycles. The van der Waals surface area contributed by atoms with Crippen molar-refractivity contribution in [2.75, 3.05) is 0 Å². The Labute approximate surface area is 105 Å². The molecule has 3 fully saturated rings. The van der Waals surface area contributed by atoms with Gasteiger partial charge in [0.25, 0.3) is 0 Å². The van der Waals surface area contributed by atoms with Crippen molar-refractivity contribution in [3.63, 3.8) is 0 Å². The average Bonchev–Trinajstić information content (AvgIpc) is 2.42. The molecular formula is C17H22. The number of benzene rings is 1. The van der Waals surface area contributed by atoms with Gasteiger partial charge < -0.3 is 0 Å². The molecule has 1 aromatic rings. The van der Waals surface area contributed by atoms with Crippen LogP contribution in [0.4, 0.5) is 0 Å². The van der Waals surface area contributed by atoms with Crippen LogP contribution in [-0.4, -0.2) is 0 Å². The second kappa shape index (κ2) is 4.01. The SMILES string of the molecule is C=CCC12CCC(c3ccccc3)(CC1)CC2. The van der Waals surface area contributed by atoms with Gasteiger partial charge in [-0.15, -0.1) is 6.58 Å². The number of allylic oxidation sites excluding steroid dienone is 1. The smallest absolute Gasteiger partial charge is 0.00463 e. The third kappa shape index (κ3) is 1.74. The van der Waals surface area contributed by atoms with Gasteiger partial charge in [-0.1, -0.05) is 36.4 Å². The van der Waals surface area contributed by atoms with Gasteiger partial charge in [0.15, 0.2) is 0 Å². The molecule has 0 heterocycles. The quantitative estimate of drug-likeness (QED) is 0.646. The van der Waals surface area contributed by atoms with Crippen molar-refractivity contribution >= 4 is 0 Å². The molecule has 3 saturated carbocycles. The average molecular weight is 226 g/mol. The molecule has 0 saturated heterocycles. The van der Waals surface area contributed by atoms with Crippen molar-refractivity contribution in [1.82, 2.24) is 0 Å². The van der Waals surface area contributed by atoms with E-state index >= 15 is 0 Å². The molecular weight excluding hydrogens is 204 g/mol. The zero-order valence-corrected chi connectivity index (χ0v) is 10.6. The molecule has 3 aliphatic rings. The summed E-state index contributed by atoms with van der Waals surface area (Å²) >= 11 is 0. The van der Waals surface area contributed by atoms with Gasteiger partial charge in [0.1, 0.15) is 0 Å². The van der Waals surface area contributed by atoms with Crippen molar-refractivity contribution in [2.45, 2.75) is 50.4 Å². The molecule has 0 N–H and O–H groups in total. The molecule has 17 heavy (non-hydrogen) atoms. The van der Waals surface area contributed by atoms with E-state index in [-0.39, 0.29) is 0 Å². The fourth-order valence-corrected chi connectivity index (χ4v) is 4.10. The molecule has 0 amide bonds. The van der Waals surface area contributed by atoms with E-state index < -0.39 is 0 Å². The maximum atomic E-state index is 3.94. The Morgan fingerprint density at radius 3 is 2.06 bits per heavy atom. The summed E-state index contributed by atoms with van der Waals surface area (Å²) in [5.41, 5.74) is 2.73. The molecule has 4 rings (SSSR count). The normalized spacial score (nSPS) is 35.8. The summed E-state index contributed by atoms with van der Waals surface area (Å²) < 4.78 is 0. The highest BCUT2D eigenvalue weighted by Gasteiger charge is 2.48.